The molecule has 19 heavy (non-hydrogen) atoms. The van der Waals surface area contributed by atoms with E-state index in [2.05, 4.69) is 4.98 Å². The van der Waals surface area contributed by atoms with Gasteiger partial charge in [0, 0.05) is 16.8 Å². The van der Waals surface area contributed by atoms with Crippen LogP contribution in [-0.4, -0.2) is 27.6 Å². The van der Waals surface area contributed by atoms with Gasteiger partial charge in [0.2, 0.25) is 5.78 Å². The number of rotatable bonds is 1. The van der Waals surface area contributed by atoms with Crippen molar-refractivity contribution < 1.29 is 19.5 Å². The minimum absolute atomic E-state index is 0.0336. The Hall–Kier alpha value is -2.69. The van der Waals surface area contributed by atoms with Crippen molar-refractivity contribution in [2.24, 2.45) is 0 Å². The Kier molecular flexibility index (Phi) is 2.19. The molecule has 2 aromatic rings. The van der Waals surface area contributed by atoms with Gasteiger partial charge in [0.1, 0.15) is 0 Å². The number of aryl methyl sites for hydroxylation is 1. The van der Waals surface area contributed by atoms with E-state index in [4.69, 9.17) is 0 Å². The summed E-state index contributed by atoms with van der Waals surface area (Å²) in [5.41, 5.74) is 0.779. The Bertz CT molecular complexity index is 755. The number of H-pyrrole nitrogens is 1. The summed E-state index contributed by atoms with van der Waals surface area (Å²) in [6, 6.07) is 6.42. The van der Waals surface area contributed by atoms with Crippen molar-refractivity contribution >= 4 is 17.5 Å². The molecule has 94 valence electrons. The number of aromatic nitrogens is 1. The van der Waals surface area contributed by atoms with E-state index >= 15 is 0 Å². The number of carbonyl (C=O) groups is 3. The molecule has 1 heterocycles. The number of carboxylic acids is 1. The molecule has 0 saturated carbocycles. The van der Waals surface area contributed by atoms with E-state index in [0.29, 0.717) is 11.3 Å². The third-order valence-corrected chi connectivity index (χ3v) is 3.27. The molecule has 1 aromatic carbocycles. The molecule has 0 amide bonds. The zero-order valence-electron chi connectivity index (χ0n) is 9.98. The van der Waals surface area contributed by atoms with Crippen LogP contribution < -0.4 is 0 Å². The second-order valence-corrected chi connectivity index (χ2v) is 4.38. The number of benzene rings is 1. The van der Waals surface area contributed by atoms with Crippen molar-refractivity contribution in [3.8, 4) is 0 Å². The van der Waals surface area contributed by atoms with Gasteiger partial charge in [-0.2, -0.15) is 0 Å². The Labute approximate surface area is 107 Å². The standard InChI is InChI=1S/C14H9NO4/c1-6-9(14(18)19)10-11(15-6)13(17)8-5-3-2-4-7(8)12(10)16/h2-5,15H,1H3,(H,18,19). The predicted molar refractivity (Wildman–Crippen MR) is 65.8 cm³/mol. The van der Waals surface area contributed by atoms with Gasteiger partial charge in [-0.1, -0.05) is 24.3 Å². The zero-order chi connectivity index (χ0) is 13.7. The number of aromatic carboxylic acids is 1. The van der Waals surface area contributed by atoms with Crippen LogP contribution in [0.15, 0.2) is 24.3 Å². The zero-order valence-corrected chi connectivity index (χ0v) is 9.98. The van der Waals surface area contributed by atoms with Crippen LogP contribution in [0.5, 0.6) is 0 Å². The lowest BCUT2D eigenvalue weighted by Gasteiger charge is -2.14. The molecule has 0 saturated heterocycles. The van der Waals surface area contributed by atoms with Crippen molar-refractivity contribution in [1.29, 1.82) is 0 Å². The molecule has 1 aliphatic rings. The highest BCUT2D eigenvalue weighted by Crippen LogP contribution is 2.30. The van der Waals surface area contributed by atoms with Crippen LogP contribution in [0, 0.1) is 6.92 Å². The van der Waals surface area contributed by atoms with Crippen LogP contribution in [0.1, 0.15) is 48.0 Å². The molecular formula is C14H9NO4. The van der Waals surface area contributed by atoms with Gasteiger partial charge in [-0.15, -0.1) is 0 Å². The average Bonchev–Trinajstić information content (AvgIpc) is 2.74. The molecule has 1 aromatic heterocycles. The van der Waals surface area contributed by atoms with Crippen LogP contribution in [0.25, 0.3) is 0 Å². The summed E-state index contributed by atoms with van der Waals surface area (Å²) in [5.74, 6) is -1.98. The minimum atomic E-state index is -1.21. The number of aromatic amines is 1. The van der Waals surface area contributed by atoms with Gasteiger partial charge in [-0.25, -0.2) is 4.79 Å². The second kappa shape index (κ2) is 3.65. The number of carbonyl (C=O) groups excluding carboxylic acids is 2. The predicted octanol–water partition coefficient (Wildman–Crippen LogP) is 1.80. The van der Waals surface area contributed by atoms with Gasteiger partial charge in [0.05, 0.1) is 16.8 Å². The molecule has 0 unspecified atom stereocenters. The van der Waals surface area contributed by atoms with Crippen LogP contribution in [-0.2, 0) is 0 Å². The van der Waals surface area contributed by atoms with Gasteiger partial charge < -0.3 is 10.1 Å². The third-order valence-electron chi connectivity index (χ3n) is 3.27. The first kappa shape index (κ1) is 11.4. The highest BCUT2D eigenvalue weighted by molar-refractivity contribution is 6.30. The fourth-order valence-electron chi connectivity index (χ4n) is 2.44. The fraction of sp³-hybridized carbons (Fsp3) is 0.0714. The second-order valence-electron chi connectivity index (χ2n) is 4.38. The van der Waals surface area contributed by atoms with Gasteiger partial charge in [-0.3, -0.25) is 9.59 Å². The van der Waals surface area contributed by atoms with E-state index in [9.17, 15) is 19.5 Å². The highest BCUT2D eigenvalue weighted by atomic mass is 16.4. The van der Waals surface area contributed by atoms with E-state index in [-0.39, 0.29) is 28.2 Å². The average molecular weight is 255 g/mol. The van der Waals surface area contributed by atoms with E-state index < -0.39 is 11.8 Å². The maximum Gasteiger partial charge on any atom is 0.338 e. The van der Waals surface area contributed by atoms with Gasteiger partial charge in [-0.05, 0) is 6.92 Å². The van der Waals surface area contributed by atoms with Gasteiger partial charge >= 0.3 is 5.97 Å². The van der Waals surface area contributed by atoms with E-state index in [0.717, 1.165) is 0 Å². The number of fused-ring (bicyclic) bond motifs is 2. The van der Waals surface area contributed by atoms with Gasteiger partial charge in [0.25, 0.3) is 0 Å². The fourth-order valence-corrected chi connectivity index (χ4v) is 2.44. The molecule has 1 aliphatic carbocycles. The molecule has 0 bridgehead atoms. The van der Waals surface area contributed by atoms with Crippen LogP contribution >= 0.6 is 0 Å². The summed E-state index contributed by atoms with van der Waals surface area (Å²) >= 11 is 0. The largest absolute Gasteiger partial charge is 0.478 e. The van der Waals surface area contributed by atoms with Crippen molar-refractivity contribution in [2.45, 2.75) is 6.92 Å². The maximum absolute atomic E-state index is 12.4. The molecule has 0 aliphatic heterocycles. The summed E-state index contributed by atoms with van der Waals surface area (Å²) in [7, 11) is 0. The molecule has 5 heteroatoms. The lowest BCUT2D eigenvalue weighted by atomic mass is 9.86. The number of ketones is 2. The number of hydrogen-bond acceptors (Lipinski definition) is 3. The molecule has 0 fully saturated rings. The van der Waals surface area contributed by atoms with Crippen LogP contribution in [0.2, 0.25) is 0 Å². The first-order valence-corrected chi connectivity index (χ1v) is 5.66. The highest BCUT2D eigenvalue weighted by Gasteiger charge is 2.36. The van der Waals surface area contributed by atoms with Crippen molar-refractivity contribution in [3.05, 3.63) is 57.9 Å². The van der Waals surface area contributed by atoms with Crippen molar-refractivity contribution in [1.82, 2.24) is 4.98 Å². The number of hydrogen-bond donors (Lipinski definition) is 2. The van der Waals surface area contributed by atoms with Crippen LogP contribution in [0.4, 0.5) is 0 Å². The molecule has 0 atom stereocenters. The van der Waals surface area contributed by atoms with Crippen LogP contribution in [0.3, 0.4) is 0 Å². The topological polar surface area (TPSA) is 87.2 Å². The summed E-state index contributed by atoms with van der Waals surface area (Å²) < 4.78 is 0. The van der Waals surface area contributed by atoms with E-state index in [1.54, 1.807) is 18.2 Å². The number of nitrogens with one attached hydrogen (secondary N) is 1. The molecule has 2 N–H and O–H groups in total. The monoisotopic (exact) mass is 255 g/mol. The Morgan fingerprint density at radius 3 is 2.26 bits per heavy atom. The van der Waals surface area contributed by atoms with Gasteiger partial charge in [0.15, 0.2) is 5.78 Å². The third kappa shape index (κ3) is 1.38. The van der Waals surface area contributed by atoms with Crippen molar-refractivity contribution in [2.75, 3.05) is 0 Å². The summed E-state index contributed by atoms with van der Waals surface area (Å²) in [6.45, 7) is 1.53. The first-order chi connectivity index (χ1) is 9.02. The molecular weight excluding hydrogens is 246 g/mol. The normalized spacial score (nSPS) is 13.1. The maximum atomic E-state index is 12.4. The van der Waals surface area contributed by atoms with Crippen molar-refractivity contribution in [3.63, 3.8) is 0 Å². The Morgan fingerprint density at radius 1 is 1.11 bits per heavy atom. The van der Waals surface area contributed by atoms with E-state index in [1.807, 2.05) is 0 Å². The summed E-state index contributed by atoms with van der Waals surface area (Å²) in [5, 5.41) is 9.18. The number of carboxylic acid groups (broad SMARTS) is 1. The molecule has 0 radical (unpaired) electrons. The minimum Gasteiger partial charge on any atom is -0.478 e. The SMILES string of the molecule is Cc1[nH]c2c(c1C(=O)O)C(=O)c1ccccc1C2=O. The van der Waals surface area contributed by atoms with E-state index in [1.165, 1.54) is 13.0 Å². The Morgan fingerprint density at radius 2 is 1.68 bits per heavy atom. The summed E-state index contributed by atoms with van der Waals surface area (Å²) in [6.07, 6.45) is 0. The quantitative estimate of drug-likeness (QED) is 0.694. The summed E-state index contributed by atoms with van der Waals surface area (Å²) in [4.78, 5) is 38.6. The smallest absolute Gasteiger partial charge is 0.338 e. The molecule has 0 spiro atoms. The molecule has 5 nitrogen and oxygen atoms in total. The lowest BCUT2D eigenvalue weighted by Crippen LogP contribution is -2.21. The lowest BCUT2D eigenvalue weighted by molar-refractivity contribution is 0.0692. The molecule has 3 rings (SSSR count). The first-order valence-electron chi connectivity index (χ1n) is 5.66. The Balaban J connectivity index is 2.37.